The van der Waals surface area contributed by atoms with Crippen molar-refractivity contribution in [2.24, 2.45) is 0 Å². The van der Waals surface area contributed by atoms with Crippen LogP contribution in [-0.2, 0) is 0 Å². The molecule has 2 rings (SSSR count). The quantitative estimate of drug-likeness (QED) is 0.657. The number of aromatic nitrogens is 1. The zero-order valence-electron chi connectivity index (χ0n) is 6.39. The summed E-state index contributed by atoms with van der Waals surface area (Å²) in [6.45, 7) is 0. The highest BCUT2D eigenvalue weighted by atomic mass is 79.9. The van der Waals surface area contributed by atoms with Crippen molar-refractivity contribution in [3.63, 3.8) is 0 Å². The van der Waals surface area contributed by atoms with Crippen molar-refractivity contribution in [2.75, 3.05) is 0 Å². The fraction of sp³-hybridized carbons (Fsp3) is 0. The van der Waals surface area contributed by atoms with Crippen molar-refractivity contribution in [3.05, 3.63) is 39.7 Å². The largest absolute Gasteiger partial charge is 0.232 e. The first kappa shape index (κ1) is 8.91. The fourth-order valence-corrected chi connectivity index (χ4v) is 1.59. The SMILES string of the molecule is Fc1cccc2cc(Br)c(Cl)nc12. The Bertz CT molecular complexity index is 472. The Morgan fingerprint density at radius 2 is 2.15 bits per heavy atom. The summed E-state index contributed by atoms with van der Waals surface area (Å²) in [7, 11) is 0. The van der Waals surface area contributed by atoms with Gasteiger partial charge in [0.15, 0.2) is 0 Å². The molecule has 0 aliphatic heterocycles. The summed E-state index contributed by atoms with van der Waals surface area (Å²) in [4.78, 5) is 3.92. The second-order valence-corrected chi connectivity index (χ2v) is 3.78. The molecule has 0 spiro atoms. The molecule has 0 aliphatic carbocycles. The van der Waals surface area contributed by atoms with E-state index in [0.29, 0.717) is 9.99 Å². The number of rotatable bonds is 0. The molecule has 1 heterocycles. The van der Waals surface area contributed by atoms with E-state index in [4.69, 9.17) is 11.6 Å². The van der Waals surface area contributed by atoms with Gasteiger partial charge in [-0.05, 0) is 28.1 Å². The van der Waals surface area contributed by atoms with E-state index in [2.05, 4.69) is 20.9 Å². The average Bonchev–Trinajstić information content (AvgIpc) is 2.09. The van der Waals surface area contributed by atoms with Gasteiger partial charge in [0, 0.05) is 5.39 Å². The van der Waals surface area contributed by atoms with Crippen LogP contribution in [0, 0.1) is 5.82 Å². The van der Waals surface area contributed by atoms with Crippen LogP contribution in [0.15, 0.2) is 28.7 Å². The standard InChI is InChI=1S/C9H4BrClFN/c10-6-4-5-2-1-3-7(12)8(5)13-9(6)11/h1-4H. The molecule has 0 radical (unpaired) electrons. The fourth-order valence-electron chi connectivity index (χ4n) is 1.11. The summed E-state index contributed by atoms with van der Waals surface area (Å²) in [5.41, 5.74) is 0.302. The van der Waals surface area contributed by atoms with E-state index in [0.717, 1.165) is 5.39 Å². The van der Waals surface area contributed by atoms with Crippen molar-refractivity contribution in [1.29, 1.82) is 0 Å². The minimum atomic E-state index is -0.355. The van der Waals surface area contributed by atoms with Gasteiger partial charge in [-0.3, -0.25) is 0 Å². The number of nitrogens with zero attached hydrogens (tertiary/aromatic N) is 1. The summed E-state index contributed by atoms with van der Waals surface area (Å²) in [6, 6.07) is 6.53. The Kier molecular flexibility index (Phi) is 2.22. The molecule has 4 heteroatoms. The summed E-state index contributed by atoms with van der Waals surface area (Å²) >= 11 is 8.96. The lowest BCUT2D eigenvalue weighted by Gasteiger charge is -2.00. The molecule has 0 bridgehead atoms. The number of fused-ring (bicyclic) bond motifs is 1. The van der Waals surface area contributed by atoms with Gasteiger partial charge in [0.25, 0.3) is 0 Å². The topological polar surface area (TPSA) is 12.9 Å². The maximum absolute atomic E-state index is 13.2. The lowest BCUT2D eigenvalue weighted by atomic mass is 10.2. The lowest BCUT2D eigenvalue weighted by Crippen LogP contribution is -1.85. The first-order valence-corrected chi connectivity index (χ1v) is 4.76. The third kappa shape index (κ3) is 1.54. The van der Waals surface area contributed by atoms with E-state index in [9.17, 15) is 4.39 Å². The Balaban J connectivity index is 2.89. The summed E-state index contributed by atoms with van der Waals surface area (Å²) < 4.78 is 13.8. The van der Waals surface area contributed by atoms with Crippen LogP contribution < -0.4 is 0 Å². The maximum atomic E-state index is 13.2. The molecular formula is C9H4BrClFN. The van der Waals surface area contributed by atoms with Crippen LogP contribution >= 0.6 is 27.5 Å². The second-order valence-electron chi connectivity index (χ2n) is 2.57. The van der Waals surface area contributed by atoms with Gasteiger partial charge in [0.05, 0.1) is 4.47 Å². The molecule has 0 saturated carbocycles. The van der Waals surface area contributed by atoms with Crippen molar-refractivity contribution < 1.29 is 4.39 Å². The molecule has 1 aromatic carbocycles. The predicted molar refractivity (Wildman–Crippen MR) is 54.4 cm³/mol. The molecule has 0 amide bonds. The van der Waals surface area contributed by atoms with Crippen molar-refractivity contribution in [3.8, 4) is 0 Å². The highest BCUT2D eigenvalue weighted by Gasteiger charge is 2.05. The first-order chi connectivity index (χ1) is 6.18. The Morgan fingerprint density at radius 3 is 2.92 bits per heavy atom. The van der Waals surface area contributed by atoms with Gasteiger partial charge in [-0.2, -0.15) is 0 Å². The molecule has 0 N–H and O–H groups in total. The van der Waals surface area contributed by atoms with Crippen LogP contribution in [0.4, 0.5) is 4.39 Å². The van der Waals surface area contributed by atoms with Crippen LogP contribution in [-0.4, -0.2) is 4.98 Å². The molecular weight excluding hydrogens is 256 g/mol. The minimum absolute atomic E-state index is 0.276. The smallest absolute Gasteiger partial charge is 0.149 e. The average molecular weight is 260 g/mol. The summed E-state index contributed by atoms with van der Waals surface area (Å²) in [5.74, 6) is -0.355. The zero-order chi connectivity index (χ0) is 9.42. The van der Waals surface area contributed by atoms with Gasteiger partial charge in [-0.25, -0.2) is 9.37 Å². The summed E-state index contributed by atoms with van der Waals surface area (Å²) in [6.07, 6.45) is 0. The van der Waals surface area contributed by atoms with Crippen LogP contribution in [0.25, 0.3) is 10.9 Å². The van der Waals surface area contributed by atoms with Crippen LogP contribution in [0.3, 0.4) is 0 Å². The van der Waals surface area contributed by atoms with Crippen molar-refractivity contribution in [2.45, 2.75) is 0 Å². The number of pyridine rings is 1. The number of para-hydroxylation sites is 1. The Morgan fingerprint density at radius 1 is 1.38 bits per heavy atom. The molecule has 0 fully saturated rings. The van der Waals surface area contributed by atoms with E-state index in [1.165, 1.54) is 6.07 Å². The van der Waals surface area contributed by atoms with Crippen LogP contribution in [0.5, 0.6) is 0 Å². The normalized spacial score (nSPS) is 10.7. The number of hydrogen-bond donors (Lipinski definition) is 0. The molecule has 2 aromatic rings. The zero-order valence-corrected chi connectivity index (χ0v) is 8.73. The Hall–Kier alpha value is -0.670. The van der Waals surface area contributed by atoms with E-state index in [-0.39, 0.29) is 11.0 Å². The highest BCUT2D eigenvalue weighted by molar-refractivity contribution is 9.10. The lowest BCUT2D eigenvalue weighted by molar-refractivity contribution is 0.637. The van der Waals surface area contributed by atoms with E-state index >= 15 is 0 Å². The van der Waals surface area contributed by atoms with E-state index < -0.39 is 0 Å². The molecule has 66 valence electrons. The van der Waals surface area contributed by atoms with E-state index in [1.807, 2.05) is 0 Å². The Labute approximate surface area is 87.7 Å². The van der Waals surface area contributed by atoms with E-state index in [1.54, 1.807) is 18.2 Å². The second kappa shape index (κ2) is 3.24. The monoisotopic (exact) mass is 259 g/mol. The van der Waals surface area contributed by atoms with Gasteiger partial charge < -0.3 is 0 Å². The molecule has 0 aliphatic rings. The van der Waals surface area contributed by atoms with Crippen molar-refractivity contribution >= 4 is 38.4 Å². The number of benzene rings is 1. The number of halogens is 3. The molecule has 13 heavy (non-hydrogen) atoms. The molecule has 0 unspecified atom stereocenters. The number of hydrogen-bond acceptors (Lipinski definition) is 1. The first-order valence-electron chi connectivity index (χ1n) is 3.59. The van der Waals surface area contributed by atoms with Gasteiger partial charge in [-0.1, -0.05) is 23.7 Å². The minimum Gasteiger partial charge on any atom is -0.232 e. The third-order valence-corrected chi connectivity index (χ3v) is 2.83. The van der Waals surface area contributed by atoms with Crippen LogP contribution in [0.1, 0.15) is 0 Å². The van der Waals surface area contributed by atoms with Gasteiger partial charge in [0.1, 0.15) is 16.5 Å². The maximum Gasteiger partial charge on any atom is 0.149 e. The van der Waals surface area contributed by atoms with Gasteiger partial charge in [-0.15, -0.1) is 0 Å². The molecule has 0 saturated heterocycles. The molecule has 0 atom stereocenters. The predicted octanol–water partition coefficient (Wildman–Crippen LogP) is 3.79. The highest BCUT2D eigenvalue weighted by Crippen LogP contribution is 2.25. The van der Waals surface area contributed by atoms with Gasteiger partial charge >= 0.3 is 0 Å². The molecule has 1 nitrogen and oxygen atoms in total. The van der Waals surface area contributed by atoms with Gasteiger partial charge in [0.2, 0.25) is 0 Å². The van der Waals surface area contributed by atoms with Crippen LogP contribution in [0.2, 0.25) is 5.15 Å². The van der Waals surface area contributed by atoms with Crippen molar-refractivity contribution in [1.82, 2.24) is 4.98 Å². The summed E-state index contributed by atoms with van der Waals surface area (Å²) in [5, 5.41) is 1.01. The third-order valence-electron chi connectivity index (χ3n) is 1.71. The molecule has 1 aromatic heterocycles.